The standard InChI is InChI=1S/C15H15ClN2O2/c1-9-12(17)4-3-5-13(9)18-15(19)11-8-10(16)6-7-14(11)20-2/h3-8H,17H2,1-2H3,(H,18,19). The zero-order chi connectivity index (χ0) is 14.7. The first kappa shape index (κ1) is 14.2. The predicted molar refractivity (Wildman–Crippen MR) is 81.5 cm³/mol. The van der Waals surface area contributed by atoms with Crippen molar-refractivity contribution in [2.45, 2.75) is 6.92 Å². The van der Waals surface area contributed by atoms with Gasteiger partial charge < -0.3 is 15.8 Å². The predicted octanol–water partition coefficient (Wildman–Crippen LogP) is 3.49. The van der Waals surface area contributed by atoms with E-state index in [1.807, 2.05) is 6.92 Å². The van der Waals surface area contributed by atoms with E-state index >= 15 is 0 Å². The van der Waals surface area contributed by atoms with E-state index in [-0.39, 0.29) is 5.91 Å². The molecule has 0 heterocycles. The zero-order valence-electron chi connectivity index (χ0n) is 11.2. The largest absolute Gasteiger partial charge is 0.496 e. The number of hydrogen-bond acceptors (Lipinski definition) is 3. The molecule has 4 nitrogen and oxygen atoms in total. The lowest BCUT2D eigenvalue weighted by Crippen LogP contribution is -2.14. The molecule has 2 aromatic carbocycles. The number of anilines is 2. The van der Waals surface area contributed by atoms with Crippen molar-refractivity contribution in [2.75, 3.05) is 18.2 Å². The molecule has 104 valence electrons. The number of carbonyl (C=O) groups is 1. The number of amides is 1. The maximum absolute atomic E-state index is 12.3. The second kappa shape index (κ2) is 5.84. The summed E-state index contributed by atoms with van der Waals surface area (Å²) in [7, 11) is 1.51. The normalized spacial score (nSPS) is 10.2. The van der Waals surface area contributed by atoms with Gasteiger partial charge in [0.05, 0.1) is 12.7 Å². The average molecular weight is 291 g/mol. The highest BCUT2D eigenvalue weighted by molar-refractivity contribution is 6.31. The molecule has 0 fully saturated rings. The van der Waals surface area contributed by atoms with Gasteiger partial charge in [0.1, 0.15) is 5.75 Å². The Morgan fingerprint density at radius 2 is 2.05 bits per heavy atom. The first-order chi connectivity index (χ1) is 9.52. The summed E-state index contributed by atoms with van der Waals surface area (Å²) in [5.41, 5.74) is 8.31. The van der Waals surface area contributed by atoms with E-state index in [4.69, 9.17) is 22.1 Å². The molecule has 0 unspecified atom stereocenters. The summed E-state index contributed by atoms with van der Waals surface area (Å²) in [6, 6.07) is 10.3. The van der Waals surface area contributed by atoms with Crippen LogP contribution in [0.15, 0.2) is 36.4 Å². The van der Waals surface area contributed by atoms with Crippen molar-refractivity contribution in [1.29, 1.82) is 0 Å². The van der Waals surface area contributed by atoms with Crippen molar-refractivity contribution in [3.8, 4) is 5.75 Å². The lowest BCUT2D eigenvalue weighted by molar-refractivity contribution is 0.102. The van der Waals surface area contributed by atoms with Gasteiger partial charge in [-0.15, -0.1) is 0 Å². The minimum atomic E-state index is -0.293. The summed E-state index contributed by atoms with van der Waals surface area (Å²) in [6.07, 6.45) is 0. The smallest absolute Gasteiger partial charge is 0.259 e. The lowest BCUT2D eigenvalue weighted by atomic mass is 10.1. The van der Waals surface area contributed by atoms with E-state index in [2.05, 4.69) is 5.32 Å². The van der Waals surface area contributed by atoms with Crippen LogP contribution in [0, 0.1) is 6.92 Å². The van der Waals surface area contributed by atoms with Gasteiger partial charge in [0, 0.05) is 16.4 Å². The van der Waals surface area contributed by atoms with Gasteiger partial charge in [0.25, 0.3) is 5.91 Å². The molecule has 0 radical (unpaired) electrons. The second-order valence-electron chi connectivity index (χ2n) is 4.32. The minimum Gasteiger partial charge on any atom is -0.496 e. The first-order valence-electron chi connectivity index (χ1n) is 6.03. The zero-order valence-corrected chi connectivity index (χ0v) is 12.0. The van der Waals surface area contributed by atoms with E-state index < -0.39 is 0 Å². The van der Waals surface area contributed by atoms with E-state index in [0.29, 0.717) is 27.7 Å². The van der Waals surface area contributed by atoms with Crippen LogP contribution in [0.5, 0.6) is 5.75 Å². The minimum absolute atomic E-state index is 0.293. The Kier molecular flexibility index (Phi) is 4.15. The number of nitrogens with one attached hydrogen (secondary N) is 1. The number of nitrogen functional groups attached to an aromatic ring is 1. The summed E-state index contributed by atoms with van der Waals surface area (Å²) >= 11 is 5.92. The van der Waals surface area contributed by atoms with Crippen LogP contribution in [0.3, 0.4) is 0 Å². The number of halogens is 1. The van der Waals surface area contributed by atoms with Gasteiger partial charge in [-0.3, -0.25) is 4.79 Å². The Bertz CT molecular complexity index is 656. The van der Waals surface area contributed by atoms with Gasteiger partial charge in [-0.2, -0.15) is 0 Å². The Morgan fingerprint density at radius 1 is 1.30 bits per heavy atom. The number of hydrogen-bond donors (Lipinski definition) is 2. The fourth-order valence-electron chi connectivity index (χ4n) is 1.84. The van der Waals surface area contributed by atoms with Crippen LogP contribution in [0.25, 0.3) is 0 Å². The molecule has 0 atom stereocenters. The molecule has 1 amide bonds. The van der Waals surface area contributed by atoms with Gasteiger partial charge in [0.15, 0.2) is 0 Å². The van der Waals surface area contributed by atoms with E-state index in [1.54, 1.807) is 36.4 Å². The molecule has 0 aliphatic rings. The SMILES string of the molecule is COc1ccc(Cl)cc1C(=O)Nc1cccc(N)c1C. The third-order valence-electron chi connectivity index (χ3n) is 3.03. The van der Waals surface area contributed by atoms with Crippen LogP contribution >= 0.6 is 11.6 Å². The molecule has 20 heavy (non-hydrogen) atoms. The maximum Gasteiger partial charge on any atom is 0.259 e. The van der Waals surface area contributed by atoms with E-state index in [0.717, 1.165) is 5.56 Å². The summed E-state index contributed by atoms with van der Waals surface area (Å²) in [5.74, 6) is 0.173. The van der Waals surface area contributed by atoms with Crippen LogP contribution < -0.4 is 15.8 Å². The fraction of sp³-hybridized carbons (Fsp3) is 0.133. The molecular weight excluding hydrogens is 276 g/mol. The molecular formula is C15H15ClN2O2. The third kappa shape index (κ3) is 2.86. The van der Waals surface area contributed by atoms with Crippen molar-refractivity contribution in [3.05, 3.63) is 52.5 Å². The van der Waals surface area contributed by atoms with Crippen LogP contribution in [-0.2, 0) is 0 Å². The highest BCUT2D eigenvalue weighted by Gasteiger charge is 2.14. The van der Waals surface area contributed by atoms with Crippen LogP contribution in [0.2, 0.25) is 5.02 Å². The molecule has 2 rings (SSSR count). The average Bonchev–Trinajstić information content (AvgIpc) is 2.43. The van der Waals surface area contributed by atoms with Crippen molar-refractivity contribution in [2.24, 2.45) is 0 Å². The quantitative estimate of drug-likeness (QED) is 0.851. The van der Waals surface area contributed by atoms with Crippen LogP contribution in [-0.4, -0.2) is 13.0 Å². The summed E-state index contributed by atoms with van der Waals surface area (Å²) in [4.78, 5) is 12.3. The monoisotopic (exact) mass is 290 g/mol. The molecule has 0 aliphatic carbocycles. The van der Waals surface area contributed by atoms with Gasteiger partial charge in [0.2, 0.25) is 0 Å². The summed E-state index contributed by atoms with van der Waals surface area (Å²) in [6.45, 7) is 1.85. The molecule has 0 saturated carbocycles. The Hall–Kier alpha value is -2.20. The number of ether oxygens (including phenoxy) is 1. The molecule has 0 spiro atoms. The first-order valence-corrected chi connectivity index (χ1v) is 6.40. The lowest BCUT2D eigenvalue weighted by Gasteiger charge is -2.12. The Labute approximate surface area is 122 Å². The molecule has 5 heteroatoms. The number of carbonyl (C=O) groups excluding carboxylic acids is 1. The van der Waals surface area contributed by atoms with Crippen molar-refractivity contribution in [3.63, 3.8) is 0 Å². The number of methoxy groups -OCH3 is 1. The second-order valence-corrected chi connectivity index (χ2v) is 4.75. The van der Waals surface area contributed by atoms with Crippen LogP contribution in [0.4, 0.5) is 11.4 Å². The highest BCUT2D eigenvalue weighted by Crippen LogP contribution is 2.25. The molecule has 2 aromatic rings. The molecule has 0 bridgehead atoms. The molecule has 0 saturated heterocycles. The van der Waals surface area contributed by atoms with Crippen molar-refractivity contribution < 1.29 is 9.53 Å². The number of benzene rings is 2. The molecule has 3 N–H and O–H groups in total. The van der Waals surface area contributed by atoms with E-state index in [9.17, 15) is 4.79 Å². The van der Waals surface area contributed by atoms with Gasteiger partial charge in [-0.25, -0.2) is 0 Å². The highest BCUT2D eigenvalue weighted by atomic mass is 35.5. The maximum atomic E-state index is 12.3. The molecule has 0 aliphatic heterocycles. The van der Waals surface area contributed by atoms with Gasteiger partial charge in [-0.1, -0.05) is 17.7 Å². The fourth-order valence-corrected chi connectivity index (χ4v) is 2.01. The summed E-state index contributed by atoms with van der Waals surface area (Å²) in [5, 5.41) is 3.28. The van der Waals surface area contributed by atoms with Gasteiger partial charge in [-0.05, 0) is 42.8 Å². The number of rotatable bonds is 3. The van der Waals surface area contributed by atoms with E-state index in [1.165, 1.54) is 7.11 Å². The Balaban J connectivity index is 2.33. The van der Waals surface area contributed by atoms with Crippen LogP contribution in [0.1, 0.15) is 15.9 Å². The third-order valence-corrected chi connectivity index (χ3v) is 3.27. The Morgan fingerprint density at radius 3 is 2.75 bits per heavy atom. The van der Waals surface area contributed by atoms with Crippen molar-refractivity contribution >= 4 is 28.9 Å². The molecule has 0 aromatic heterocycles. The summed E-state index contributed by atoms with van der Waals surface area (Å²) < 4.78 is 5.17. The van der Waals surface area contributed by atoms with Gasteiger partial charge >= 0.3 is 0 Å². The van der Waals surface area contributed by atoms with Crippen molar-refractivity contribution in [1.82, 2.24) is 0 Å². The topological polar surface area (TPSA) is 64.3 Å². The number of nitrogens with two attached hydrogens (primary N) is 1.